The van der Waals surface area contributed by atoms with Crippen LogP contribution in [0.5, 0.6) is 0 Å². The Hall–Kier alpha value is -1.60. The van der Waals surface area contributed by atoms with E-state index in [0.717, 1.165) is 0 Å². The summed E-state index contributed by atoms with van der Waals surface area (Å²) in [4.78, 5) is 1.91. The van der Waals surface area contributed by atoms with Gasteiger partial charge in [0.15, 0.2) is 0 Å². The van der Waals surface area contributed by atoms with E-state index in [9.17, 15) is 0 Å². The predicted octanol–water partition coefficient (Wildman–Crippen LogP) is 5.36. The Bertz CT molecular complexity index is 711. The molecule has 0 aliphatic heterocycles. The Morgan fingerprint density at radius 1 is 0.765 bits per heavy atom. The van der Waals surface area contributed by atoms with Crippen LogP contribution in [0.1, 0.15) is 5.56 Å². The van der Waals surface area contributed by atoms with E-state index in [1.807, 2.05) is 4.99 Å². The number of fused-ring (bicyclic) bond motifs is 3. The van der Waals surface area contributed by atoms with Crippen LogP contribution in [0.25, 0.3) is 27.6 Å². The van der Waals surface area contributed by atoms with Crippen molar-refractivity contribution in [3.63, 3.8) is 0 Å². The summed E-state index contributed by atoms with van der Waals surface area (Å²) in [7, 11) is 0. The molecule has 3 aromatic carbocycles. The van der Waals surface area contributed by atoms with E-state index in [4.69, 9.17) is 0 Å². The lowest BCUT2D eigenvalue weighted by molar-refractivity contribution is 1.73. The lowest BCUT2D eigenvalue weighted by atomic mass is 9.98. The molecule has 0 heterocycles. The summed E-state index contributed by atoms with van der Waals surface area (Å²) in [6, 6.07) is 19.3. The van der Waals surface area contributed by atoms with E-state index in [1.165, 1.54) is 27.1 Å². The molecule has 1 heteroatoms. The fourth-order valence-corrected chi connectivity index (χ4v) is 2.58. The molecule has 0 aliphatic carbocycles. The summed E-state index contributed by atoms with van der Waals surface area (Å²) < 4.78 is 0. The number of hydrogen-bond donors (Lipinski definition) is 0. The van der Waals surface area contributed by atoms with Crippen molar-refractivity contribution in [2.75, 3.05) is 0 Å². The minimum Gasteiger partial charge on any atom is -0.0616 e. The maximum Gasteiger partial charge on any atom is -0.00327 e. The molecule has 0 bridgehead atoms. The number of benzene rings is 3. The van der Waals surface area contributed by atoms with Gasteiger partial charge in [0.25, 0.3) is 0 Å². The third kappa shape index (κ3) is 1.77. The predicted molar refractivity (Wildman–Crippen MR) is 79.4 cm³/mol. The lowest BCUT2D eigenvalue weighted by Gasteiger charge is -2.06. The van der Waals surface area contributed by atoms with Gasteiger partial charge >= 0.3 is 0 Å². The molecule has 0 aromatic heterocycles. The van der Waals surface area contributed by atoms with Gasteiger partial charge in [-0.15, -0.1) is 0 Å². The Morgan fingerprint density at radius 3 is 2.41 bits per heavy atom. The third-order valence-corrected chi connectivity index (χ3v) is 3.31. The minimum atomic E-state index is 1.25. The Balaban J connectivity index is 2.54. The maximum absolute atomic E-state index is 3.36. The minimum absolute atomic E-state index is 1.25. The van der Waals surface area contributed by atoms with Crippen LogP contribution in [0.4, 0.5) is 0 Å². The quantitative estimate of drug-likeness (QED) is 0.527. The van der Waals surface area contributed by atoms with Crippen molar-refractivity contribution in [3.05, 3.63) is 65.1 Å². The van der Waals surface area contributed by atoms with Crippen LogP contribution in [0.3, 0.4) is 0 Å². The molecule has 0 amide bonds. The summed E-state index contributed by atoms with van der Waals surface area (Å²) in [5.41, 5.74) is 1.25. The molecule has 0 saturated heterocycles. The Kier molecular flexibility index (Phi) is 2.69. The second-order valence-corrected chi connectivity index (χ2v) is 4.55. The van der Waals surface area contributed by atoms with Gasteiger partial charge in [0, 0.05) is 0 Å². The van der Waals surface area contributed by atoms with Crippen molar-refractivity contribution in [1.29, 1.82) is 0 Å². The smallest absolute Gasteiger partial charge is 0.00327 e. The molecule has 0 saturated carbocycles. The number of hydrogen-bond acceptors (Lipinski definition) is 0. The molecule has 0 radical (unpaired) electrons. The van der Waals surface area contributed by atoms with Crippen LogP contribution in [0.2, 0.25) is 0 Å². The van der Waals surface area contributed by atoms with Gasteiger partial charge in [-0.2, -0.15) is 0 Å². The average molecular weight is 283 g/mol. The highest BCUT2D eigenvalue weighted by Crippen LogP contribution is 2.29. The van der Waals surface area contributed by atoms with Crippen LogP contribution in [0.15, 0.2) is 59.6 Å². The second kappa shape index (κ2) is 4.34. The summed E-state index contributed by atoms with van der Waals surface area (Å²) in [5.74, 6) is 0. The molecular weight excluding hydrogens is 272 g/mol. The fraction of sp³-hybridized carbons (Fsp3) is 0. The lowest BCUT2D eigenvalue weighted by Crippen LogP contribution is -1.81. The molecule has 0 nitrogen and oxygen atoms in total. The van der Waals surface area contributed by atoms with Crippen LogP contribution in [-0.4, -0.2) is 0 Å². The summed E-state index contributed by atoms with van der Waals surface area (Å²) in [6.45, 7) is 0. The highest BCUT2D eigenvalue weighted by Gasteiger charge is 2.02. The molecule has 17 heavy (non-hydrogen) atoms. The van der Waals surface area contributed by atoms with Crippen molar-refractivity contribution < 1.29 is 0 Å². The van der Waals surface area contributed by atoms with Gasteiger partial charge < -0.3 is 0 Å². The molecule has 82 valence electrons. The first-order chi connectivity index (χ1) is 8.40. The highest BCUT2D eigenvalue weighted by molar-refractivity contribution is 9.11. The van der Waals surface area contributed by atoms with Crippen molar-refractivity contribution in [3.8, 4) is 0 Å². The van der Waals surface area contributed by atoms with E-state index >= 15 is 0 Å². The summed E-state index contributed by atoms with van der Waals surface area (Å²) in [5, 5.41) is 5.20. The van der Waals surface area contributed by atoms with Crippen molar-refractivity contribution in [2.24, 2.45) is 0 Å². The molecular formula is C16H11Br. The second-order valence-electron chi connectivity index (χ2n) is 4.02. The first-order valence-corrected chi connectivity index (χ1v) is 6.49. The van der Waals surface area contributed by atoms with Crippen LogP contribution in [-0.2, 0) is 0 Å². The maximum atomic E-state index is 3.36. The van der Waals surface area contributed by atoms with Gasteiger partial charge in [-0.3, -0.25) is 0 Å². The van der Waals surface area contributed by atoms with Crippen molar-refractivity contribution in [2.45, 2.75) is 0 Å². The molecule has 0 unspecified atom stereocenters. The highest BCUT2D eigenvalue weighted by atomic mass is 79.9. The van der Waals surface area contributed by atoms with E-state index in [2.05, 4.69) is 76.6 Å². The van der Waals surface area contributed by atoms with Gasteiger partial charge in [-0.25, -0.2) is 0 Å². The summed E-state index contributed by atoms with van der Waals surface area (Å²) >= 11 is 3.36. The zero-order valence-electron chi connectivity index (χ0n) is 9.23. The number of rotatable bonds is 1. The van der Waals surface area contributed by atoms with Gasteiger partial charge in [0.05, 0.1) is 0 Å². The molecule has 0 atom stereocenters. The molecule has 0 fully saturated rings. The van der Waals surface area contributed by atoms with E-state index in [-0.39, 0.29) is 0 Å². The normalized spacial score (nSPS) is 11.6. The van der Waals surface area contributed by atoms with Crippen LogP contribution >= 0.6 is 15.9 Å². The van der Waals surface area contributed by atoms with E-state index in [1.54, 1.807) is 0 Å². The van der Waals surface area contributed by atoms with Crippen LogP contribution in [0, 0.1) is 0 Å². The van der Waals surface area contributed by atoms with E-state index < -0.39 is 0 Å². The number of halogens is 1. The molecule has 3 rings (SSSR count). The zero-order valence-corrected chi connectivity index (χ0v) is 10.8. The van der Waals surface area contributed by atoms with E-state index in [0.29, 0.717) is 0 Å². The third-order valence-electron chi connectivity index (χ3n) is 3.04. The van der Waals surface area contributed by atoms with Gasteiger partial charge in [0.1, 0.15) is 0 Å². The SMILES string of the molecule is BrC=Cc1cccc2ccc3ccccc3c12. The Morgan fingerprint density at radius 2 is 1.53 bits per heavy atom. The van der Waals surface area contributed by atoms with Gasteiger partial charge in [-0.1, -0.05) is 70.5 Å². The first-order valence-electron chi connectivity index (χ1n) is 5.57. The van der Waals surface area contributed by atoms with Gasteiger partial charge in [-0.05, 0) is 38.2 Å². The zero-order chi connectivity index (χ0) is 11.7. The topological polar surface area (TPSA) is 0 Å². The van der Waals surface area contributed by atoms with Crippen LogP contribution < -0.4 is 0 Å². The average Bonchev–Trinajstić information content (AvgIpc) is 2.39. The van der Waals surface area contributed by atoms with Crippen molar-refractivity contribution >= 4 is 43.6 Å². The summed E-state index contributed by atoms with van der Waals surface area (Å²) in [6.07, 6.45) is 2.09. The molecule has 0 aliphatic rings. The Labute approximate surface area is 109 Å². The largest absolute Gasteiger partial charge is 0.0616 e. The fourth-order valence-electron chi connectivity index (χ4n) is 2.30. The van der Waals surface area contributed by atoms with Crippen molar-refractivity contribution in [1.82, 2.24) is 0 Å². The first kappa shape index (κ1) is 10.5. The van der Waals surface area contributed by atoms with Gasteiger partial charge in [0.2, 0.25) is 0 Å². The molecule has 0 N–H and O–H groups in total. The molecule has 0 spiro atoms. The molecule has 3 aromatic rings. The standard InChI is InChI=1S/C16H11Br/c17-11-10-14-6-3-5-13-9-8-12-4-1-2-7-15(12)16(13)14/h1-11H. The monoisotopic (exact) mass is 282 g/mol.